The van der Waals surface area contributed by atoms with E-state index in [2.05, 4.69) is 31.2 Å². The number of aryl methyl sites for hydroxylation is 1. The molecule has 0 amide bonds. The first-order valence-corrected chi connectivity index (χ1v) is 7.22. The maximum atomic E-state index is 14.4. The van der Waals surface area contributed by atoms with Gasteiger partial charge in [-0.05, 0) is 34.7 Å². The molecule has 0 nitrogen and oxygen atoms in total. The fourth-order valence-electron chi connectivity index (χ4n) is 2.48. The first-order valence-electron chi connectivity index (χ1n) is 7.22. The lowest BCUT2D eigenvalue weighted by Gasteiger charge is -2.07. The van der Waals surface area contributed by atoms with Crippen LogP contribution in [0.1, 0.15) is 12.5 Å². The molecular weight excluding hydrogens is 259 g/mol. The first-order chi connectivity index (χ1) is 10.3. The lowest BCUT2D eigenvalue weighted by molar-refractivity contribution is 0.632. The second-order valence-electron chi connectivity index (χ2n) is 5.11. The Labute approximate surface area is 124 Å². The van der Waals surface area contributed by atoms with Crippen LogP contribution < -0.4 is 0 Å². The van der Waals surface area contributed by atoms with E-state index in [1.807, 2.05) is 42.5 Å². The molecule has 3 rings (SSSR count). The minimum Gasteiger partial charge on any atom is -0.206 e. The van der Waals surface area contributed by atoms with Crippen molar-refractivity contribution < 1.29 is 4.39 Å². The van der Waals surface area contributed by atoms with Crippen molar-refractivity contribution in [3.8, 4) is 22.3 Å². The van der Waals surface area contributed by atoms with E-state index < -0.39 is 0 Å². The zero-order chi connectivity index (χ0) is 14.7. The molecule has 0 heterocycles. The lowest BCUT2D eigenvalue weighted by Crippen LogP contribution is -1.87. The Morgan fingerprint density at radius 1 is 0.714 bits per heavy atom. The first kappa shape index (κ1) is 13.6. The van der Waals surface area contributed by atoms with Crippen molar-refractivity contribution in [3.05, 3.63) is 84.2 Å². The van der Waals surface area contributed by atoms with Crippen molar-refractivity contribution in [3.63, 3.8) is 0 Å². The van der Waals surface area contributed by atoms with Gasteiger partial charge in [0.05, 0.1) is 0 Å². The zero-order valence-electron chi connectivity index (χ0n) is 12.0. The third-order valence-electron chi connectivity index (χ3n) is 3.75. The summed E-state index contributed by atoms with van der Waals surface area (Å²) < 4.78 is 14.4. The predicted octanol–water partition coefficient (Wildman–Crippen LogP) is 5.72. The molecule has 0 aliphatic heterocycles. The molecule has 0 aliphatic rings. The maximum Gasteiger partial charge on any atom is 0.131 e. The fourth-order valence-corrected chi connectivity index (χ4v) is 2.48. The van der Waals surface area contributed by atoms with Crippen molar-refractivity contribution in [1.29, 1.82) is 0 Å². The molecule has 0 N–H and O–H groups in total. The second-order valence-corrected chi connectivity index (χ2v) is 5.11. The van der Waals surface area contributed by atoms with E-state index in [0.29, 0.717) is 5.56 Å². The fraction of sp³-hybridized carbons (Fsp3) is 0.100. The summed E-state index contributed by atoms with van der Waals surface area (Å²) in [6, 6.07) is 23.4. The van der Waals surface area contributed by atoms with Crippen molar-refractivity contribution in [1.82, 2.24) is 0 Å². The molecule has 0 radical (unpaired) electrons. The van der Waals surface area contributed by atoms with Gasteiger partial charge in [0.25, 0.3) is 0 Å². The van der Waals surface area contributed by atoms with E-state index in [9.17, 15) is 4.39 Å². The number of benzene rings is 3. The van der Waals surface area contributed by atoms with Gasteiger partial charge in [0.1, 0.15) is 5.82 Å². The van der Waals surface area contributed by atoms with Crippen LogP contribution in [0.3, 0.4) is 0 Å². The van der Waals surface area contributed by atoms with Crippen LogP contribution in [0.4, 0.5) is 4.39 Å². The summed E-state index contributed by atoms with van der Waals surface area (Å²) in [5.41, 5.74) is 4.80. The summed E-state index contributed by atoms with van der Waals surface area (Å²) in [4.78, 5) is 0. The Hall–Kier alpha value is -2.41. The van der Waals surface area contributed by atoms with E-state index in [4.69, 9.17) is 0 Å². The molecule has 0 aromatic heterocycles. The summed E-state index contributed by atoms with van der Waals surface area (Å²) in [6.45, 7) is 2.13. The lowest BCUT2D eigenvalue weighted by atomic mass is 9.99. The molecule has 0 aliphatic carbocycles. The summed E-state index contributed by atoms with van der Waals surface area (Å²) >= 11 is 0. The van der Waals surface area contributed by atoms with Crippen molar-refractivity contribution >= 4 is 0 Å². The van der Waals surface area contributed by atoms with Crippen LogP contribution in [0.5, 0.6) is 0 Å². The van der Waals surface area contributed by atoms with Crippen LogP contribution in [0.15, 0.2) is 72.8 Å². The van der Waals surface area contributed by atoms with Gasteiger partial charge in [-0.3, -0.25) is 0 Å². The van der Waals surface area contributed by atoms with Crippen molar-refractivity contribution in [2.75, 3.05) is 0 Å². The highest BCUT2D eigenvalue weighted by Gasteiger charge is 2.07. The third kappa shape index (κ3) is 2.87. The molecule has 0 bridgehead atoms. The Balaban J connectivity index is 1.97. The molecule has 21 heavy (non-hydrogen) atoms. The maximum absolute atomic E-state index is 14.4. The quantitative estimate of drug-likeness (QED) is 0.573. The molecule has 0 fully saturated rings. The third-order valence-corrected chi connectivity index (χ3v) is 3.75. The summed E-state index contributed by atoms with van der Waals surface area (Å²) in [6.07, 6.45) is 1.02. The SMILES string of the molecule is CCc1ccc(-c2ccc(-c3ccccc3)c(F)c2)cc1. The van der Waals surface area contributed by atoms with Gasteiger partial charge in [0.2, 0.25) is 0 Å². The minimum absolute atomic E-state index is 0.182. The van der Waals surface area contributed by atoms with Gasteiger partial charge in [0, 0.05) is 5.56 Å². The molecule has 1 heteroatoms. The van der Waals surface area contributed by atoms with Crippen LogP contribution >= 0.6 is 0 Å². The normalized spacial score (nSPS) is 10.6. The molecule has 3 aromatic rings. The number of rotatable bonds is 3. The molecule has 0 unspecified atom stereocenters. The molecule has 3 aromatic carbocycles. The molecule has 0 saturated heterocycles. The van der Waals surface area contributed by atoms with Gasteiger partial charge in [-0.25, -0.2) is 4.39 Å². The van der Waals surface area contributed by atoms with Gasteiger partial charge >= 0.3 is 0 Å². The Kier molecular flexibility index (Phi) is 3.83. The Morgan fingerprint density at radius 3 is 2.00 bits per heavy atom. The van der Waals surface area contributed by atoms with E-state index in [-0.39, 0.29) is 5.82 Å². The number of hydrogen-bond acceptors (Lipinski definition) is 0. The van der Waals surface area contributed by atoms with E-state index in [1.165, 1.54) is 5.56 Å². The largest absolute Gasteiger partial charge is 0.206 e. The topological polar surface area (TPSA) is 0 Å². The molecule has 0 saturated carbocycles. The van der Waals surface area contributed by atoms with Crippen LogP contribution in [0.25, 0.3) is 22.3 Å². The van der Waals surface area contributed by atoms with Crippen molar-refractivity contribution in [2.45, 2.75) is 13.3 Å². The van der Waals surface area contributed by atoms with Gasteiger partial charge in [-0.15, -0.1) is 0 Å². The average molecular weight is 276 g/mol. The molecular formula is C20H17F. The monoisotopic (exact) mass is 276 g/mol. The van der Waals surface area contributed by atoms with E-state index >= 15 is 0 Å². The minimum atomic E-state index is -0.182. The van der Waals surface area contributed by atoms with Crippen LogP contribution in [0, 0.1) is 5.82 Å². The highest BCUT2D eigenvalue weighted by molar-refractivity contribution is 5.71. The summed E-state index contributed by atoms with van der Waals surface area (Å²) in [7, 11) is 0. The summed E-state index contributed by atoms with van der Waals surface area (Å²) in [5.74, 6) is -0.182. The van der Waals surface area contributed by atoms with Crippen LogP contribution in [-0.4, -0.2) is 0 Å². The number of hydrogen-bond donors (Lipinski definition) is 0. The molecule has 0 atom stereocenters. The smallest absolute Gasteiger partial charge is 0.131 e. The van der Waals surface area contributed by atoms with Crippen LogP contribution in [0.2, 0.25) is 0 Å². The van der Waals surface area contributed by atoms with Gasteiger partial charge in [-0.2, -0.15) is 0 Å². The molecule has 0 spiro atoms. The summed E-state index contributed by atoms with van der Waals surface area (Å²) in [5, 5.41) is 0. The zero-order valence-corrected chi connectivity index (χ0v) is 12.0. The van der Waals surface area contributed by atoms with Crippen LogP contribution in [-0.2, 0) is 6.42 Å². The highest BCUT2D eigenvalue weighted by atomic mass is 19.1. The standard InChI is InChI=1S/C20H17F/c1-2-15-8-10-16(11-9-15)18-12-13-19(20(21)14-18)17-6-4-3-5-7-17/h3-14H,2H2,1H3. The van der Waals surface area contributed by atoms with Gasteiger partial charge in [0.15, 0.2) is 0 Å². The molecule has 104 valence electrons. The van der Waals surface area contributed by atoms with Gasteiger partial charge < -0.3 is 0 Å². The Bertz CT molecular complexity index is 728. The number of halogens is 1. The van der Waals surface area contributed by atoms with E-state index in [0.717, 1.165) is 23.1 Å². The van der Waals surface area contributed by atoms with E-state index in [1.54, 1.807) is 6.07 Å². The second kappa shape index (κ2) is 5.92. The Morgan fingerprint density at radius 2 is 1.38 bits per heavy atom. The van der Waals surface area contributed by atoms with Gasteiger partial charge in [-0.1, -0.05) is 73.7 Å². The van der Waals surface area contributed by atoms with Crippen molar-refractivity contribution in [2.24, 2.45) is 0 Å². The average Bonchev–Trinajstić information content (AvgIpc) is 2.55. The highest BCUT2D eigenvalue weighted by Crippen LogP contribution is 2.28. The predicted molar refractivity (Wildman–Crippen MR) is 86.7 cm³/mol.